The van der Waals surface area contributed by atoms with Crippen LogP contribution in [0.4, 0.5) is 5.69 Å². The summed E-state index contributed by atoms with van der Waals surface area (Å²) in [6.45, 7) is 15.8. The number of fused-ring (bicyclic) bond motifs is 5. The molecule has 0 radical (unpaired) electrons. The van der Waals surface area contributed by atoms with Crippen LogP contribution in [-0.4, -0.2) is 17.8 Å². The molecule has 4 aliphatic rings. The van der Waals surface area contributed by atoms with E-state index in [4.69, 9.17) is 6.58 Å². The van der Waals surface area contributed by atoms with E-state index >= 15 is 0 Å². The molecule has 8 rings (SSSR count). The number of benzene rings is 4. The molecule has 0 N–H and O–H groups in total. The zero-order valence-electron chi connectivity index (χ0n) is 34.5. The summed E-state index contributed by atoms with van der Waals surface area (Å²) in [7, 11) is 0. The van der Waals surface area contributed by atoms with Gasteiger partial charge in [0, 0.05) is 22.3 Å². The van der Waals surface area contributed by atoms with Gasteiger partial charge in [-0.15, -0.1) is 18.3 Å². The van der Waals surface area contributed by atoms with Crippen molar-refractivity contribution in [2.24, 2.45) is 5.92 Å². The second-order valence-corrected chi connectivity index (χ2v) is 16.5. The quantitative estimate of drug-likeness (QED) is 0.110. The summed E-state index contributed by atoms with van der Waals surface area (Å²) in [6.07, 6.45) is 38.5. The third-order valence-electron chi connectivity index (χ3n) is 12.2. The minimum Gasteiger partial charge on any atom is -0.357 e. The molecular formula is C57H53NS. The fourth-order valence-corrected chi connectivity index (χ4v) is 10.6. The van der Waals surface area contributed by atoms with Gasteiger partial charge in [-0.2, -0.15) is 0 Å². The van der Waals surface area contributed by atoms with E-state index in [0.29, 0.717) is 0 Å². The molecule has 3 aliphatic carbocycles. The predicted octanol–water partition coefficient (Wildman–Crippen LogP) is 14.7. The van der Waals surface area contributed by atoms with Crippen molar-refractivity contribution in [2.45, 2.75) is 49.6 Å². The molecule has 4 atom stereocenters. The Kier molecular flexibility index (Phi) is 12.0. The Bertz CT molecular complexity index is 2560. The van der Waals surface area contributed by atoms with Crippen LogP contribution in [0, 0.1) is 5.92 Å². The van der Waals surface area contributed by atoms with E-state index in [1.807, 2.05) is 11.8 Å². The van der Waals surface area contributed by atoms with E-state index in [0.717, 1.165) is 23.4 Å². The Hall–Kier alpha value is -6.09. The minimum atomic E-state index is -0.517. The highest BCUT2D eigenvalue weighted by atomic mass is 32.2. The molecule has 4 unspecified atom stereocenters. The van der Waals surface area contributed by atoms with Gasteiger partial charge in [0.05, 0.1) is 17.5 Å². The minimum absolute atomic E-state index is 0.0470. The molecule has 292 valence electrons. The summed E-state index contributed by atoms with van der Waals surface area (Å²) in [5, 5.41) is 0. The van der Waals surface area contributed by atoms with Gasteiger partial charge >= 0.3 is 0 Å². The molecule has 0 saturated carbocycles. The Morgan fingerprint density at radius 1 is 0.814 bits per heavy atom. The molecule has 0 spiro atoms. The van der Waals surface area contributed by atoms with Gasteiger partial charge in [-0.3, -0.25) is 0 Å². The average Bonchev–Trinajstić information content (AvgIpc) is 3.83. The van der Waals surface area contributed by atoms with Gasteiger partial charge in [-0.1, -0.05) is 189 Å². The highest BCUT2D eigenvalue weighted by Gasteiger charge is 2.47. The first-order chi connectivity index (χ1) is 29.0. The lowest BCUT2D eigenvalue weighted by molar-refractivity contribution is 0.541. The summed E-state index contributed by atoms with van der Waals surface area (Å²) in [5.74, 6) is 1.06. The summed E-state index contributed by atoms with van der Waals surface area (Å²) < 4.78 is 0. The van der Waals surface area contributed by atoms with Gasteiger partial charge in [0.1, 0.15) is 0 Å². The monoisotopic (exact) mass is 783 g/mol. The van der Waals surface area contributed by atoms with Crippen LogP contribution in [0.15, 0.2) is 241 Å². The molecule has 4 aromatic carbocycles. The van der Waals surface area contributed by atoms with Gasteiger partial charge in [0.25, 0.3) is 0 Å². The Balaban J connectivity index is 1.35. The van der Waals surface area contributed by atoms with Crippen molar-refractivity contribution in [1.82, 2.24) is 0 Å². The van der Waals surface area contributed by atoms with Crippen molar-refractivity contribution >= 4 is 23.0 Å². The topological polar surface area (TPSA) is 3.24 Å². The van der Waals surface area contributed by atoms with Crippen LogP contribution in [-0.2, 0) is 5.41 Å². The van der Waals surface area contributed by atoms with E-state index in [9.17, 15) is 0 Å². The number of allylic oxidation sites excluding steroid dienone is 15. The lowest BCUT2D eigenvalue weighted by Crippen LogP contribution is -2.47. The number of rotatable bonds is 11. The van der Waals surface area contributed by atoms with Crippen molar-refractivity contribution in [3.05, 3.63) is 258 Å². The first-order valence-corrected chi connectivity index (χ1v) is 21.8. The molecule has 1 heterocycles. The van der Waals surface area contributed by atoms with Crippen LogP contribution >= 0.6 is 11.8 Å². The third kappa shape index (κ3) is 7.43. The van der Waals surface area contributed by atoms with Crippen LogP contribution in [0.1, 0.15) is 49.4 Å². The first kappa shape index (κ1) is 39.7. The van der Waals surface area contributed by atoms with Gasteiger partial charge in [0.2, 0.25) is 0 Å². The van der Waals surface area contributed by atoms with E-state index in [2.05, 4.69) is 233 Å². The molecule has 0 aromatic heterocycles. The molecule has 2 heteroatoms. The van der Waals surface area contributed by atoms with Crippen molar-refractivity contribution in [2.75, 3.05) is 10.7 Å². The largest absolute Gasteiger partial charge is 0.357 e. The van der Waals surface area contributed by atoms with Gasteiger partial charge < -0.3 is 4.90 Å². The van der Waals surface area contributed by atoms with Gasteiger partial charge in [-0.05, 0) is 107 Å². The Morgan fingerprint density at radius 3 is 2.36 bits per heavy atom. The second-order valence-electron chi connectivity index (χ2n) is 15.5. The lowest BCUT2D eigenvalue weighted by Gasteiger charge is -2.44. The number of thioether (sulfide) groups is 1. The molecule has 0 bridgehead atoms. The molecule has 0 amide bonds. The highest BCUT2D eigenvalue weighted by molar-refractivity contribution is 8.00. The molecule has 4 aromatic rings. The zero-order valence-corrected chi connectivity index (χ0v) is 35.3. The maximum absolute atomic E-state index is 4.92. The van der Waals surface area contributed by atoms with Crippen LogP contribution < -0.4 is 4.90 Å². The Morgan fingerprint density at radius 2 is 1.54 bits per heavy atom. The molecule has 59 heavy (non-hydrogen) atoms. The highest BCUT2D eigenvalue weighted by Crippen LogP contribution is 2.57. The van der Waals surface area contributed by atoms with Crippen LogP contribution in [0.2, 0.25) is 0 Å². The first-order valence-electron chi connectivity index (χ1n) is 20.8. The van der Waals surface area contributed by atoms with Crippen LogP contribution in [0.5, 0.6) is 0 Å². The molecule has 1 aliphatic heterocycles. The van der Waals surface area contributed by atoms with Crippen molar-refractivity contribution in [1.29, 1.82) is 0 Å². The molecule has 0 fully saturated rings. The van der Waals surface area contributed by atoms with Gasteiger partial charge in [0.15, 0.2) is 0 Å². The van der Waals surface area contributed by atoms with Crippen LogP contribution in [0.3, 0.4) is 0 Å². The maximum atomic E-state index is 4.92. The maximum Gasteiger partial charge on any atom is 0.0711 e. The van der Waals surface area contributed by atoms with E-state index in [1.165, 1.54) is 60.6 Å². The predicted molar refractivity (Wildman–Crippen MR) is 257 cm³/mol. The molecular weight excluding hydrogens is 731 g/mol. The van der Waals surface area contributed by atoms with Gasteiger partial charge in [-0.25, -0.2) is 0 Å². The standard InChI is InChI=1S/C57H53NS/c1-6-23-45(8-3)57(46-27-14-12-15-28-46)52-32-21-19-31-50(52)51-38-37-47(39-53(51)57)58(55-33-16-11-9-10-13-25-43-26-17-18-29-48(43)55)54(24-7-2)42(5)41(4)35-36-44-40-59-56-34-22-20-30-49(44)56/h6-23,25-39,48,54-55H,2,5,24,40H2,1,3-4H3/b11-9-,13-10-,23-6-,33-16+,41-35+,43-25+,44-36+,45-8+. The fraction of sp³-hybridized carbons (Fsp3) is 0.158. The second kappa shape index (κ2) is 17.8. The smallest absolute Gasteiger partial charge is 0.0711 e. The van der Waals surface area contributed by atoms with Crippen molar-refractivity contribution in [3.63, 3.8) is 0 Å². The third-order valence-corrected chi connectivity index (χ3v) is 13.4. The normalized spacial score (nSPS) is 24.3. The summed E-state index contributed by atoms with van der Waals surface area (Å²) in [6, 6.07) is 35.9. The fourth-order valence-electron chi connectivity index (χ4n) is 9.46. The van der Waals surface area contributed by atoms with Crippen molar-refractivity contribution < 1.29 is 0 Å². The van der Waals surface area contributed by atoms with Crippen LogP contribution in [0.25, 0.3) is 16.7 Å². The summed E-state index contributed by atoms with van der Waals surface area (Å²) in [4.78, 5) is 4.00. The number of nitrogens with zero attached hydrogens (tertiary/aromatic N) is 1. The number of hydrogen-bond acceptors (Lipinski definition) is 2. The lowest BCUT2D eigenvalue weighted by atomic mass is 9.67. The van der Waals surface area contributed by atoms with E-state index in [1.54, 1.807) is 0 Å². The summed E-state index contributed by atoms with van der Waals surface area (Å²) >= 11 is 1.91. The average molecular weight is 784 g/mol. The van der Waals surface area contributed by atoms with Crippen molar-refractivity contribution in [3.8, 4) is 11.1 Å². The Labute approximate surface area is 356 Å². The zero-order chi connectivity index (χ0) is 40.8. The molecule has 0 saturated heterocycles. The number of hydrogen-bond donors (Lipinski definition) is 0. The summed E-state index contributed by atoms with van der Waals surface area (Å²) in [5.41, 5.74) is 14.5. The number of anilines is 1. The molecule has 1 nitrogen and oxygen atoms in total. The van der Waals surface area contributed by atoms with E-state index < -0.39 is 5.41 Å². The SMILES string of the molecule is C=CCC(C(=C)/C(C)=C/C=C1\CSc2ccccc21)N(c1ccc2c(c1)C(C(/C=C\C)=C/C)(c1ccccc1)c1ccccc1-2)C1/C=C/C=C\C=C/C=C2\C=CC=CC21. The van der Waals surface area contributed by atoms with E-state index in [-0.39, 0.29) is 18.0 Å².